The first-order valence-electron chi connectivity index (χ1n) is 6.42. The van der Waals surface area contributed by atoms with E-state index in [-0.39, 0.29) is 5.96 Å². The summed E-state index contributed by atoms with van der Waals surface area (Å²) in [4.78, 5) is 8.23. The molecule has 2 rings (SSSR count). The lowest BCUT2D eigenvalue weighted by atomic mass is 10.1. The number of sulfonamides is 1. The molecule has 9 heteroatoms. The number of guanidine groups is 1. The van der Waals surface area contributed by atoms with Crippen molar-refractivity contribution in [3.8, 4) is 11.3 Å². The highest BCUT2D eigenvalue weighted by atomic mass is 32.2. The van der Waals surface area contributed by atoms with E-state index in [4.69, 9.17) is 11.5 Å². The van der Waals surface area contributed by atoms with Gasteiger partial charge in [0.15, 0.2) is 5.96 Å². The molecular weight excluding hydrogens is 322 g/mol. The molecule has 0 aliphatic carbocycles. The highest BCUT2D eigenvalue weighted by Gasteiger charge is 2.05. The smallest absolute Gasteiger partial charge is 0.212 e. The van der Waals surface area contributed by atoms with Crippen LogP contribution in [0.3, 0.4) is 0 Å². The van der Waals surface area contributed by atoms with Crippen molar-refractivity contribution in [3.63, 3.8) is 0 Å². The van der Waals surface area contributed by atoms with E-state index in [1.807, 2.05) is 29.6 Å². The summed E-state index contributed by atoms with van der Waals surface area (Å²) in [6.07, 6.45) is 1.77. The van der Waals surface area contributed by atoms with Crippen LogP contribution in [0.5, 0.6) is 0 Å². The van der Waals surface area contributed by atoms with Crippen molar-refractivity contribution >= 4 is 32.5 Å². The van der Waals surface area contributed by atoms with Crippen LogP contribution in [0, 0.1) is 0 Å². The van der Waals surface area contributed by atoms with E-state index in [0.29, 0.717) is 18.1 Å². The van der Waals surface area contributed by atoms with Crippen molar-refractivity contribution in [1.82, 2.24) is 9.71 Å². The maximum Gasteiger partial charge on any atom is 0.212 e. The molecule has 0 fully saturated rings. The van der Waals surface area contributed by atoms with Gasteiger partial charge in [0.2, 0.25) is 15.2 Å². The second-order valence-corrected chi connectivity index (χ2v) is 7.33. The third kappa shape index (κ3) is 5.10. The van der Waals surface area contributed by atoms with Crippen molar-refractivity contribution < 1.29 is 8.42 Å². The second-order valence-electron chi connectivity index (χ2n) is 4.67. The second kappa shape index (κ2) is 6.86. The zero-order valence-electron chi connectivity index (χ0n) is 12.0. The molecule has 0 atom stereocenters. The lowest BCUT2D eigenvalue weighted by Gasteiger charge is -2.03. The number of nitrogens with zero attached hydrogens (tertiary/aromatic N) is 2. The molecule has 22 heavy (non-hydrogen) atoms. The fourth-order valence-electron chi connectivity index (χ4n) is 1.78. The molecule has 0 unspecified atom stereocenters. The molecule has 0 spiro atoms. The Hall–Kier alpha value is -1.97. The minimum Gasteiger partial charge on any atom is -0.370 e. The summed E-state index contributed by atoms with van der Waals surface area (Å²) in [5.74, 6) is -0.0189. The van der Waals surface area contributed by atoms with Gasteiger partial charge in [0.25, 0.3) is 0 Å². The van der Waals surface area contributed by atoms with E-state index in [1.165, 1.54) is 11.3 Å². The molecule has 0 saturated carbocycles. The van der Waals surface area contributed by atoms with Gasteiger partial charge >= 0.3 is 0 Å². The molecule has 0 radical (unpaired) electrons. The predicted molar refractivity (Wildman–Crippen MR) is 89.6 cm³/mol. The van der Waals surface area contributed by atoms with Crippen molar-refractivity contribution in [2.45, 2.75) is 6.42 Å². The van der Waals surface area contributed by atoms with Crippen LogP contribution in [-0.2, 0) is 16.4 Å². The Bertz CT molecular complexity index is 762. The van der Waals surface area contributed by atoms with Crippen LogP contribution >= 0.6 is 11.3 Å². The first-order chi connectivity index (χ1) is 10.3. The number of hydrogen-bond donors (Lipinski definition) is 3. The van der Waals surface area contributed by atoms with Crippen LogP contribution in [0.15, 0.2) is 34.6 Å². The zero-order valence-corrected chi connectivity index (χ0v) is 13.6. The summed E-state index contributed by atoms with van der Waals surface area (Å²) in [5.41, 5.74) is 13.4. The zero-order chi connectivity index (χ0) is 16.2. The molecule has 0 aliphatic rings. The van der Waals surface area contributed by atoms with Gasteiger partial charge in [-0.3, -0.25) is 0 Å². The molecule has 5 N–H and O–H groups in total. The number of nitrogens with one attached hydrogen (secondary N) is 1. The van der Waals surface area contributed by atoms with Crippen molar-refractivity contribution in [1.29, 1.82) is 0 Å². The Morgan fingerprint density at radius 3 is 2.59 bits per heavy atom. The molecule has 118 valence electrons. The number of benzene rings is 1. The Labute approximate surface area is 133 Å². The standard InChI is InChI=1S/C13H17N5O2S2/c1-22(19,20)16-7-6-9-2-4-10(5-3-9)11-8-21-13(17-11)18-12(14)15/h2-5,8,16H,6-7H2,1H3,(H4,14,15,17,18). The van der Waals surface area contributed by atoms with Gasteiger partial charge in [0, 0.05) is 17.5 Å². The molecule has 0 aliphatic heterocycles. The maximum atomic E-state index is 11.0. The van der Waals surface area contributed by atoms with E-state index >= 15 is 0 Å². The SMILES string of the molecule is CS(=O)(=O)NCCc1ccc(-c2csc(N=C(N)N)n2)cc1. The fourth-order valence-corrected chi connectivity index (χ4v) is 2.97. The summed E-state index contributed by atoms with van der Waals surface area (Å²) >= 11 is 1.36. The average molecular weight is 339 g/mol. The van der Waals surface area contributed by atoms with Gasteiger partial charge in [-0.25, -0.2) is 18.1 Å². The number of hydrogen-bond acceptors (Lipinski definition) is 5. The third-order valence-electron chi connectivity index (χ3n) is 2.74. The van der Waals surface area contributed by atoms with Crippen molar-refractivity contribution in [2.75, 3.05) is 12.8 Å². The summed E-state index contributed by atoms with van der Waals surface area (Å²) in [7, 11) is -3.14. The molecule has 0 bridgehead atoms. The first kappa shape index (κ1) is 16.4. The summed E-state index contributed by atoms with van der Waals surface area (Å²) in [5, 5.41) is 2.39. The maximum absolute atomic E-state index is 11.0. The molecule has 1 aromatic heterocycles. The lowest BCUT2D eigenvalue weighted by molar-refractivity contribution is 0.588. The number of thiazole rings is 1. The van der Waals surface area contributed by atoms with Crippen molar-refractivity contribution in [2.24, 2.45) is 16.5 Å². The normalized spacial score (nSPS) is 11.3. The van der Waals surface area contributed by atoms with Gasteiger partial charge < -0.3 is 11.5 Å². The third-order valence-corrected chi connectivity index (χ3v) is 4.21. The van der Waals surface area contributed by atoms with Crippen molar-refractivity contribution in [3.05, 3.63) is 35.2 Å². The highest BCUT2D eigenvalue weighted by Crippen LogP contribution is 2.26. The minimum atomic E-state index is -3.14. The van der Waals surface area contributed by atoms with E-state index in [2.05, 4.69) is 14.7 Å². The molecule has 1 heterocycles. The van der Waals surface area contributed by atoms with E-state index < -0.39 is 10.0 Å². The van der Waals surface area contributed by atoms with Crippen LogP contribution in [-0.4, -0.2) is 32.2 Å². The summed E-state index contributed by atoms with van der Waals surface area (Å²) in [6, 6.07) is 7.76. The van der Waals surface area contributed by atoms with Crippen LogP contribution in [0.2, 0.25) is 0 Å². The van der Waals surface area contributed by atoms with Gasteiger partial charge in [0.05, 0.1) is 11.9 Å². The topological polar surface area (TPSA) is 123 Å². The van der Waals surface area contributed by atoms with Gasteiger partial charge in [0.1, 0.15) is 0 Å². The minimum absolute atomic E-state index is 0.0189. The van der Waals surface area contributed by atoms with Gasteiger partial charge in [-0.1, -0.05) is 24.3 Å². The molecule has 0 amide bonds. The van der Waals surface area contributed by atoms with E-state index in [0.717, 1.165) is 23.1 Å². The first-order valence-corrected chi connectivity index (χ1v) is 9.20. The fraction of sp³-hybridized carbons (Fsp3) is 0.231. The Kier molecular flexibility index (Phi) is 5.11. The Balaban J connectivity index is 2.02. The van der Waals surface area contributed by atoms with E-state index in [1.54, 1.807) is 0 Å². The molecular formula is C13H17N5O2S2. The number of rotatable bonds is 6. The number of aromatic nitrogens is 1. The Morgan fingerprint density at radius 1 is 1.32 bits per heavy atom. The van der Waals surface area contributed by atoms with Gasteiger partial charge in [-0.15, -0.1) is 11.3 Å². The van der Waals surface area contributed by atoms with Crippen LogP contribution < -0.4 is 16.2 Å². The van der Waals surface area contributed by atoms with Gasteiger partial charge in [-0.2, -0.15) is 4.99 Å². The molecule has 7 nitrogen and oxygen atoms in total. The highest BCUT2D eigenvalue weighted by molar-refractivity contribution is 7.88. The largest absolute Gasteiger partial charge is 0.370 e. The number of aliphatic imine (C=N–C) groups is 1. The van der Waals surface area contributed by atoms with Crippen LogP contribution in [0.4, 0.5) is 5.13 Å². The molecule has 2 aromatic rings. The average Bonchev–Trinajstić information content (AvgIpc) is 2.85. The summed E-state index contributed by atoms with van der Waals surface area (Å²) in [6.45, 7) is 0.378. The monoisotopic (exact) mass is 339 g/mol. The predicted octanol–water partition coefficient (Wildman–Crippen LogP) is 0.807. The van der Waals surface area contributed by atoms with Crippen LogP contribution in [0.1, 0.15) is 5.56 Å². The Morgan fingerprint density at radius 2 is 2.00 bits per heavy atom. The summed E-state index contributed by atoms with van der Waals surface area (Å²) < 4.78 is 24.4. The molecule has 0 saturated heterocycles. The van der Waals surface area contributed by atoms with E-state index in [9.17, 15) is 8.42 Å². The molecule has 1 aromatic carbocycles. The quantitative estimate of drug-likeness (QED) is 0.531. The number of nitrogens with two attached hydrogens (primary N) is 2. The van der Waals surface area contributed by atoms with Gasteiger partial charge in [-0.05, 0) is 12.0 Å². The lowest BCUT2D eigenvalue weighted by Crippen LogP contribution is -2.24. The van der Waals surface area contributed by atoms with Crippen LogP contribution in [0.25, 0.3) is 11.3 Å².